The number of carbonyl (C=O) groups is 2. The molecule has 4 atom stereocenters. The van der Waals surface area contributed by atoms with Gasteiger partial charge in [-0.25, -0.2) is 4.79 Å². The summed E-state index contributed by atoms with van der Waals surface area (Å²) in [6.45, 7) is 2.46. The maximum Gasteiger partial charge on any atom is 0.337 e. The molecule has 4 rings (SSSR count). The van der Waals surface area contributed by atoms with Crippen LogP contribution >= 0.6 is 0 Å². The summed E-state index contributed by atoms with van der Waals surface area (Å²) in [4.78, 5) is 22.5. The average molecular weight is 453 g/mol. The Balaban J connectivity index is 0.000000968. The maximum atomic E-state index is 11.7. The van der Waals surface area contributed by atoms with Crippen LogP contribution in [0.15, 0.2) is 48.5 Å². The largest absolute Gasteiger partial charge is 0.488 e. The minimum Gasteiger partial charge on any atom is -0.488 e. The van der Waals surface area contributed by atoms with Gasteiger partial charge in [-0.3, -0.25) is 9.69 Å². The van der Waals surface area contributed by atoms with Crippen molar-refractivity contribution >= 4 is 12.4 Å². The van der Waals surface area contributed by atoms with Crippen LogP contribution < -0.4 is 4.74 Å². The molecule has 1 saturated heterocycles. The number of carbonyl (C=O) groups excluding carboxylic acids is 1. The Hall–Kier alpha value is -3.41. The third-order valence-corrected chi connectivity index (χ3v) is 6.17. The molecule has 0 bridgehead atoms. The van der Waals surface area contributed by atoms with Crippen LogP contribution in [-0.2, 0) is 16.1 Å². The average Bonchev–Trinajstić information content (AvgIpc) is 3.20. The molecule has 2 N–H and O–H groups in total. The molecule has 33 heavy (non-hydrogen) atoms. The molecule has 0 unspecified atom stereocenters. The van der Waals surface area contributed by atoms with Crippen LogP contribution in [0.5, 0.6) is 5.75 Å². The molecule has 2 aromatic rings. The number of rotatable bonds is 5. The third-order valence-electron chi connectivity index (χ3n) is 6.17. The monoisotopic (exact) mass is 452 g/mol. The maximum absolute atomic E-state index is 11.7. The smallest absolute Gasteiger partial charge is 0.337 e. The van der Waals surface area contributed by atoms with E-state index in [-0.39, 0.29) is 12.6 Å². The first-order chi connectivity index (χ1) is 16.0. The summed E-state index contributed by atoms with van der Waals surface area (Å²) in [5.74, 6) is 1.07. The van der Waals surface area contributed by atoms with Crippen molar-refractivity contribution < 1.29 is 29.3 Å². The van der Waals surface area contributed by atoms with Gasteiger partial charge in [-0.15, -0.1) is 0 Å². The second-order valence-electron chi connectivity index (χ2n) is 8.35. The van der Waals surface area contributed by atoms with Crippen LogP contribution in [0.2, 0.25) is 0 Å². The number of nitrogens with zero attached hydrogens (tertiary/aromatic N) is 2. The minimum atomic E-state index is -0.533. The molecule has 2 fully saturated rings. The fourth-order valence-corrected chi connectivity index (χ4v) is 4.73. The summed E-state index contributed by atoms with van der Waals surface area (Å²) in [6.07, 6.45) is 0.667. The Kier molecular flexibility index (Phi) is 8.41. The van der Waals surface area contributed by atoms with E-state index < -0.39 is 12.1 Å². The van der Waals surface area contributed by atoms with Gasteiger partial charge in [0.15, 0.2) is 0 Å². The summed E-state index contributed by atoms with van der Waals surface area (Å²) >= 11 is 0. The number of hydrogen-bond donors (Lipinski definition) is 2. The van der Waals surface area contributed by atoms with Gasteiger partial charge in [0.2, 0.25) is 0 Å². The molecule has 1 saturated carbocycles. The lowest BCUT2D eigenvalue weighted by atomic mass is 9.78. The number of benzene rings is 2. The van der Waals surface area contributed by atoms with Crippen LogP contribution in [0.1, 0.15) is 34.3 Å². The summed E-state index contributed by atoms with van der Waals surface area (Å²) in [5.41, 5.74) is 2.26. The minimum absolute atomic E-state index is 0.250. The number of esters is 1. The van der Waals surface area contributed by atoms with Gasteiger partial charge < -0.3 is 19.7 Å². The van der Waals surface area contributed by atoms with Gasteiger partial charge >= 0.3 is 5.97 Å². The normalized spacial score (nSPS) is 23.9. The number of carboxylic acid groups (broad SMARTS) is 1. The van der Waals surface area contributed by atoms with Crippen LogP contribution in [0.25, 0.3) is 0 Å². The van der Waals surface area contributed by atoms with Gasteiger partial charge in [-0.05, 0) is 60.6 Å². The van der Waals surface area contributed by atoms with E-state index in [9.17, 15) is 9.90 Å². The van der Waals surface area contributed by atoms with Crippen molar-refractivity contribution in [1.29, 1.82) is 5.26 Å². The fraction of sp³-hybridized carbons (Fsp3) is 0.400. The predicted octanol–water partition coefficient (Wildman–Crippen LogP) is 2.70. The molecular formula is C25H28N2O6. The second kappa shape index (κ2) is 11.5. The SMILES string of the molecule is COC(=O)c1cccc(O[C@@H]2C[C@@H]3CN(Cc4cccc(C#N)c4)C[C@@H]3C[C@H]2O)c1.O=CO. The van der Waals surface area contributed by atoms with Gasteiger partial charge in [0, 0.05) is 19.6 Å². The summed E-state index contributed by atoms with van der Waals surface area (Å²) in [5, 5.41) is 26.7. The van der Waals surface area contributed by atoms with E-state index in [1.54, 1.807) is 24.3 Å². The molecule has 0 radical (unpaired) electrons. The number of hydrogen-bond acceptors (Lipinski definition) is 7. The zero-order chi connectivity index (χ0) is 23.8. The highest BCUT2D eigenvalue weighted by atomic mass is 16.5. The Morgan fingerprint density at radius 1 is 1.18 bits per heavy atom. The van der Waals surface area contributed by atoms with Crippen LogP contribution in [0, 0.1) is 23.2 Å². The highest BCUT2D eigenvalue weighted by Crippen LogP contribution is 2.38. The van der Waals surface area contributed by atoms with Gasteiger partial charge in [-0.1, -0.05) is 18.2 Å². The van der Waals surface area contributed by atoms with Crippen molar-refractivity contribution in [3.05, 3.63) is 65.2 Å². The molecule has 8 heteroatoms. The van der Waals surface area contributed by atoms with E-state index in [0.29, 0.717) is 35.1 Å². The van der Waals surface area contributed by atoms with Crippen LogP contribution in [0.4, 0.5) is 0 Å². The van der Waals surface area contributed by atoms with Crippen molar-refractivity contribution in [3.63, 3.8) is 0 Å². The van der Waals surface area contributed by atoms with E-state index in [1.165, 1.54) is 7.11 Å². The first-order valence-electron chi connectivity index (χ1n) is 10.8. The van der Waals surface area contributed by atoms with Crippen molar-refractivity contribution in [3.8, 4) is 11.8 Å². The number of likely N-dealkylation sites (tertiary alicyclic amines) is 1. The van der Waals surface area contributed by atoms with Crippen molar-refractivity contribution in [2.75, 3.05) is 20.2 Å². The topological polar surface area (TPSA) is 120 Å². The lowest BCUT2D eigenvalue weighted by Crippen LogP contribution is -2.42. The Labute approximate surface area is 193 Å². The lowest BCUT2D eigenvalue weighted by Gasteiger charge is -2.35. The van der Waals surface area contributed by atoms with Crippen molar-refractivity contribution in [1.82, 2.24) is 4.90 Å². The van der Waals surface area contributed by atoms with Gasteiger partial charge in [0.05, 0.1) is 30.4 Å². The highest BCUT2D eigenvalue weighted by Gasteiger charge is 2.42. The Bertz CT molecular complexity index is 1000. The van der Waals surface area contributed by atoms with E-state index in [4.69, 9.17) is 24.6 Å². The van der Waals surface area contributed by atoms with Gasteiger partial charge in [0.1, 0.15) is 11.9 Å². The first-order valence-corrected chi connectivity index (χ1v) is 10.8. The Morgan fingerprint density at radius 3 is 2.58 bits per heavy atom. The number of ether oxygens (including phenoxy) is 2. The van der Waals surface area contributed by atoms with Crippen LogP contribution in [0.3, 0.4) is 0 Å². The number of aliphatic hydroxyl groups is 1. The summed E-state index contributed by atoms with van der Waals surface area (Å²) in [7, 11) is 1.35. The number of nitriles is 1. The third kappa shape index (κ3) is 6.31. The number of fused-ring (bicyclic) bond motifs is 1. The zero-order valence-electron chi connectivity index (χ0n) is 18.5. The van der Waals surface area contributed by atoms with Crippen molar-refractivity contribution in [2.24, 2.45) is 11.8 Å². The highest BCUT2D eigenvalue weighted by molar-refractivity contribution is 5.89. The molecule has 2 aromatic carbocycles. The fourth-order valence-electron chi connectivity index (χ4n) is 4.73. The van der Waals surface area contributed by atoms with E-state index in [2.05, 4.69) is 17.0 Å². The van der Waals surface area contributed by atoms with E-state index >= 15 is 0 Å². The molecule has 0 amide bonds. The summed E-state index contributed by atoms with van der Waals surface area (Å²) < 4.78 is 10.8. The quantitative estimate of drug-likeness (QED) is 0.525. The van der Waals surface area contributed by atoms with E-state index in [0.717, 1.165) is 31.6 Å². The molecule has 174 valence electrons. The molecule has 2 aliphatic rings. The molecule has 0 spiro atoms. The van der Waals surface area contributed by atoms with Gasteiger partial charge in [-0.2, -0.15) is 5.26 Å². The van der Waals surface area contributed by atoms with Crippen molar-refractivity contribution in [2.45, 2.75) is 31.6 Å². The zero-order valence-corrected chi connectivity index (χ0v) is 18.5. The Morgan fingerprint density at radius 2 is 1.88 bits per heavy atom. The molecule has 1 aliphatic carbocycles. The van der Waals surface area contributed by atoms with Gasteiger partial charge in [0.25, 0.3) is 6.47 Å². The standard InChI is InChI=1S/C24H26N2O4.CH2O2/c1-29-24(28)18-6-3-7-21(9-18)30-23-11-20-15-26(14-19(20)10-22(23)27)13-17-5-2-4-16(8-17)12-25;2-1-3/h2-9,19-20,22-23,27H,10-11,13-15H2,1H3;1H,(H,2,3)/t19-,20+,22+,23+;/m0./s1. The van der Waals surface area contributed by atoms with Crippen LogP contribution in [-0.4, -0.2) is 60.0 Å². The number of methoxy groups -OCH3 is 1. The summed E-state index contributed by atoms with van der Waals surface area (Å²) in [6, 6.07) is 16.8. The molecule has 1 aliphatic heterocycles. The first kappa shape index (κ1) is 24.2. The molecule has 1 heterocycles. The molecule has 0 aromatic heterocycles. The van der Waals surface area contributed by atoms with E-state index in [1.807, 2.05) is 18.2 Å². The number of aliphatic hydroxyl groups excluding tert-OH is 1. The lowest BCUT2D eigenvalue weighted by molar-refractivity contribution is -0.122. The molecule has 8 nitrogen and oxygen atoms in total. The molecular weight excluding hydrogens is 424 g/mol. The predicted molar refractivity (Wildman–Crippen MR) is 120 cm³/mol. The second-order valence-corrected chi connectivity index (χ2v) is 8.35.